The van der Waals surface area contributed by atoms with Crippen molar-refractivity contribution in [1.82, 2.24) is 4.90 Å². The fourth-order valence-electron chi connectivity index (χ4n) is 3.82. The second-order valence-electron chi connectivity index (χ2n) is 9.15. The van der Waals surface area contributed by atoms with E-state index >= 15 is 0 Å². The van der Waals surface area contributed by atoms with Crippen molar-refractivity contribution in [1.29, 1.82) is 0 Å². The van der Waals surface area contributed by atoms with Crippen molar-refractivity contribution >= 4 is 34.2 Å². The number of carbonyl (C=O) groups is 3. The number of ether oxygens (including phenoxy) is 2. The van der Waals surface area contributed by atoms with Crippen LogP contribution in [0.25, 0.3) is 0 Å². The second-order valence-corrected chi connectivity index (χ2v) is 10.2. The predicted molar refractivity (Wildman–Crippen MR) is 130 cm³/mol. The zero-order valence-electron chi connectivity index (χ0n) is 20.5. The molecule has 2 unspecified atom stereocenters. The topological polar surface area (TPSA) is 96.4 Å². The molecule has 0 fully saturated rings. The first-order valence-electron chi connectivity index (χ1n) is 11.3. The van der Waals surface area contributed by atoms with Crippen LogP contribution >= 0.6 is 11.3 Å². The number of aliphatic hydroxyl groups excluding tert-OH is 1. The SMILES string of the molecule is CCOC(=O)c1sc2c(c1C)C(=O)N(C(C)C(=O)OC(C)(C)C)C(O)N2CCc1ccccc1. The summed E-state index contributed by atoms with van der Waals surface area (Å²) in [4.78, 5) is 42.0. The normalized spacial score (nSPS) is 16.8. The first kappa shape index (κ1) is 25.7. The molecule has 0 saturated heterocycles. The molecular formula is C25H32N2O6S. The zero-order chi connectivity index (χ0) is 25.2. The van der Waals surface area contributed by atoms with Gasteiger partial charge >= 0.3 is 11.9 Å². The van der Waals surface area contributed by atoms with E-state index in [1.54, 1.807) is 39.5 Å². The Morgan fingerprint density at radius 3 is 2.44 bits per heavy atom. The molecule has 0 aliphatic carbocycles. The zero-order valence-corrected chi connectivity index (χ0v) is 21.3. The van der Waals surface area contributed by atoms with E-state index in [1.165, 1.54) is 6.92 Å². The number of anilines is 1. The quantitative estimate of drug-likeness (QED) is 0.593. The molecule has 34 heavy (non-hydrogen) atoms. The van der Waals surface area contributed by atoms with Crippen molar-refractivity contribution in [3.8, 4) is 0 Å². The van der Waals surface area contributed by atoms with Gasteiger partial charge in [-0.15, -0.1) is 11.3 Å². The van der Waals surface area contributed by atoms with Gasteiger partial charge in [0.1, 0.15) is 21.5 Å². The van der Waals surface area contributed by atoms with Crippen LogP contribution in [0.3, 0.4) is 0 Å². The molecule has 184 valence electrons. The minimum Gasteiger partial charge on any atom is -0.462 e. The molecule has 1 N–H and O–H groups in total. The van der Waals surface area contributed by atoms with Crippen LogP contribution in [-0.4, -0.2) is 59.0 Å². The van der Waals surface area contributed by atoms with Gasteiger partial charge in [0.25, 0.3) is 5.91 Å². The highest BCUT2D eigenvalue weighted by atomic mass is 32.1. The Labute approximate surface area is 204 Å². The summed E-state index contributed by atoms with van der Waals surface area (Å²) in [6.07, 6.45) is -0.814. The average molecular weight is 489 g/mol. The number of carbonyl (C=O) groups excluding carboxylic acids is 3. The molecule has 3 rings (SSSR count). The van der Waals surface area contributed by atoms with Crippen LogP contribution in [0.2, 0.25) is 0 Å². The standard InChI is InChI=1S/C25H32N2O6S/c1-7-32-23(30)19-15(2)18-20(28)27(16(3)22(29)33-25(4,5)6)24(31)26(21(18)34-19)14-13-17-11-9-8-10-12-17/h8-12,16,24,31H,7,13-14H2,1-6H3. The summed E-state index contributed by atoms with van der Waals surface area (Å²) >= 11 is 1.12. The van der Waals surface area contributed by atoms with Gasteiger partial charge in [-0.05, 0) is 59.1 Å². The lowest BCUT2D eigenvalue weighted by molar-refractivity contribution is -0.163. The molecule has 8 nitrogen and oxygen atoms in total. The highest BCUT2D eigenvalue weighted by molar-refractivity contribution is 7.18. The summed E-state index contributed by atoms with van der Waals surface area (Å²) in [5.41, 5.74) is 1.07. The molecule has 0 spiro atoms. The second kappa shape index (κ2) is 10.1. The molecule has 9 heteroatoms. The number of rotatable bonds is 7. The molecule has 0 radical (unpaired) electrons. The Balaban J connectivity index is 2.02. The smallest absolute Gasteiger partial charge is 0.348 e. The van der Waals surface area contributed by atoms with E-state index in [-0.39, 0.29) is 6.61 Å². The molecule has 1 aliphatic heterocycles. The molecule has 2 aromatic rings. The third-order valence-electron chi connectivity index (χ3n) is 5.48. The fraction of sp³-hybridized carbons (Fsp3) is 0.480. The molecule has 2 atom stereocenters. The maximum Gasteiger partial charge on any atom is 0.348 e. The minimum absolute atomic E-state index is 0.205. The van der Waals surface area contributed by atoms with Crippen molar-refractivity contribution in [3.63, 3.8) is 0 Å². The lowest BCUT2D eigenvalue weighted by Gasteiger charge is -2.43. The van der Waals surface area contributed by atoms with Crippen molar-refractivity contribution in [3.05, 3.63) is 51.9 Å². The van der Waals surface area contributed by atoms with Gasteiger partial charge in [0.2, 0.25) is 6.35 Å². The van der Waals surface area contributed by atoms with E-state index in [4.69, 9.17) is 9.47 Å². The molecule has 1 aliphatic rings. The van der Waals surface area contributed by atoms with Crippen molar-refractivity contribution in [2.75, 3.05) is 18.1 Å². The number of hydrogen-bond donors (Lipinski definition) is 1. The van der Waals surface area contributed by atoms with Crippen LogP contribution in [0.5, 0.6) is 0 Å². The fourth-order valence-corrected chi connectivity index (χ4v) is 5.06. The number of benzene rings is 1. The molecule has 1 aromatic carbocycles. The monoisotopic (exact) mass is 488 g/mol. The van der Waals surface area contributed by atoms with Crippen LogP contribution in [0.4, 0.5) is 5.00 Å². The van der Waals surface area contributed by atoms with Crippen LogP contribution < -0.4 is 4.90 Å². The predicted octanol–water partition coefficient (Wildman–Crippen LogP) is 3.74. The van der Waals surface area contributed by atoms with Gasteiger partial charge < -0.3 is 19.5 Å². The van der Waals surface area contributed by atoms with Gasteiger partial charge in [0.15, 0.2) is 0 Å². The van der Waals surface area contributed by atoms with E-state index in [0.29, 0.717) is 34.0 Å². The molecule has 2 heterocycles. The number of hydrogen-bond acceptors (Lipinski definition) is 8. The molecule has 0 saturated carbocycles. The summed E-state index contributed by atoms with van der Waals surface area (Å²) in [6, 6.07) is 8.71. The summed E-state index contributed by atoms with van der Waals surface area (Å²) in [6.45, 7) is 10.7. The maximum absolute atomic E-state index is 13.6. The number of nitrogens with zero attached hydrogens (tertiary/aromatic N) is 2. The summed E-state index contributed by atoms with van der Waals surface area (Å²) in [5.74, 6) is -1.66. The largest absolute Gasteiger partial charge is 0.462 e. The highest BCUT2D eigenvalue weighted by Crippen LogP contribution is 2.42. The Morgan fingerprint density at radius 1 is 1.21 bits per heavy atom. The van der Waals surface area contributed by atoms with Crippen LogP contribution in [0.15, 0.2) is 30.3 Å². The summed E-state index contributed by atoms with van der Waals surface area (Å²) in [7, 11) is 0. The van der Waals surface area contributed by atoms with Gasteiger partial charge in [-0.25, -0.2) is 9.59 Å². The number of esters is 2. The van der Waals surface area contributed by atoms with Crippen molar-refractivity contribution < 1.29 is 29.0 Å². The number of fused-ring (bicyclic) bond motifs is 1. The Bertz CT molecular complexity index is 1060. The van der Waals surface area contributed by atoms with E-state index < -0.39 is 35.8 Å². The van der Waals surface area contributed by atoms with E-state index in [2.05, 4.69) is 0 Å². The first-order chi connectivity index (χ1) is 16.0. The van der Waals surface area contributed by atoms with Gasteiger partial charge in [-0.3, -0.25) is 9.69 Å². The minimum atomic E-state index is -1.40. The van der Waals surface area contributed by atoms with Gasteiger partial charge in [0, 0.05) is 6.54 Å². The van der Waals surface area contributed by atoms with Crippen molar-refractivity contribution in [2.45, 2.75) is 66.0 Å². The Kier molecular flexibility index (Phi) is 7.67. The van der Waals surface area contributed by atoms with Gasteiger partial charge in [-0.1, -0.05) is 30.3 Å². The first-order valence-corrected chi connectivity index (χ1v) is 12.1. The maximum atomic E-state index is 13.6. The molecular weight excluding hydrogens is 456 g/mol. The third-order valence-corrected chi connectivity index (χ3v) is 6.78. The Morgan fingerprint density at radius 2 is 1.85 bits per heavy atom. The molecule has 0 bridgehead atoms. The van der Waals surface area contributed by atoms with Crippen molar-refractivity contribution in [2.24, 2.45) is 0 Å². The summed E-state index contributed by atoms with van der Waals surface area (Å²) in [5, 5.41) is 11.8. The Hall–Kier alpha value is -2.91. The van der Waals surface area contributed by atoms with Crippen LogP contribution in [0.1, 0.15) is 65.8 Å². The summed E-state index contributed by atoms with van der Waals surface area (Å²) < 4.78 is 10.6. The van der Waals surface area contributed by atoms with Crippen LogP contribution in [-0.2, 0) is 20.7 Å². The van der Waals surface area contributed by atoms with Crippen LogP contribution in [0, 0.1) is 6.92 Å². The van der Waals surface area contributed by atoms with E-state index in [1.807, 2.05) is 30.3 Å². The lowest BCUT2D eigenvalue weighted by atomic mass is 10.1. The highest BCUT2D eigenvalue weighted by Gasteiger charge is 2.45. The lowest BCUT2D eigenvalue weighted by Crippen LogP contribution is -2.60. The molecule has 1 amide bonds. The number of amides is 1. The average Bonchev–Trinajstić information content (AvgIpc) is 3.10. The van der Waals surface area contributed by atoms with Gasteiger partial charge in [0.05, 0.1) is 12.2 Å². The van der Waals surface area contributed by atoms with E-state index in [9.17, 15) is 19.5 Å². The number of aliphatic hydroxyl groups is 1. The van der Waals surface area contributed by atoms with Gasteiger partial charge in [-0.2, -0.15) is 0 Å². The third kappa shape index (κ3) is 5.26. The molecule has 1 aromatic heterocycles. The van der Waals surface area contributed by atoms with E-state index in [0.717, 1.165) is 21.8 Å². The number of thiophene rings is 1.